The Morgan fingerprint density at radius 2 is 2.00 bits per heavy atom. The predicted octanol–water partition coefficient (Wildman–Crippen LogP) is 4.28. The zero-order chi connectivity index (χ0) is 27.8. The van der Waals surface area contributed by atoms with Crippen molar-refractivity contribution >= 4 is 5.97 Å². The number of hydrogen-bond donors (Lipinski definition) is 1. The maximum atomic E-state index is 12.1. The van der Waals surface area contributed by atoms with Gasteiger partial charge in [-0.1, -0.05) is 24.3 Å². The summed E-state index contributed by atoms with van der Waals surface area (Å²) in [5.74, 6) is 0.540. The van der Waals surface area contributed by atoms with Crippen LogP contribution in [0.5, 0.6) is 11.5 Å². The largest absolute Gasteiger partial charge is 0.496 e. The molecule has 1 aromatic heterocycles. The molecular formula is C30H36N2O7. The summed E-state index contributed by atoms with van der Waals surface area (Å²) in [7, 11) is 1.61. The molecule has 0 radical (unpaired) electrons. The van der Waals surface area contributed by atoms with Crippen LogP contribution in [0.1, 0.15) is 44.0 Å². The molecule has 0 aliphatic carbocycles. The number of ether oxygens (including phenoxy) is 5. The van der Waals surface area contributed by atoms with Crippen molar-refractivity contribution in [1.82, 2.24) is 9.97 Å². The molecule has 1 fully saturated rings. The van der Waals surface area contributed by atoms with Crippen molar-refractivity contribution in [3.05, 3.63) is 71.5 Å². The summed E-state index contributed by atoms with van der Waals surface area (Å²) in [4.78, 5) is 21.2. The first-order chi connectivity index (χ1) is 18.8. The average Bonchev–Trinajstić information content (AvgIpc) is 3.29. The second-order valence-electron chi connectivity index (χ2n) is 9.76. The van der Waals surface area contributed by atoms with Crippen molar-refractivity contribution in [3.63, 3.8) is 0 Å². The van der Waals surface area contributed by atoms with Crippen LogP contribution in [0.3, 0.4) is 0 Å². The molecule has 1 unspecified atom stereocenters. The van der Waals surface area contributed by atoms with E-state index in [1.165, 1.54) is 0 Å². The number of methoxy groups -OCH3 is 1. The molecule has 9 heteroatoms. The van der Waals surface area contributed by atoms with Gasteiger partial charge in [0.05, 0.1) is 37.7 Å². The Hall–Kier alpha value is -3.53. The zero-order valence-corrected chi connectivity index (χ0v) is 22.9. The number of para-hydroxylation sites is 1. The Bertz CT molecular complexity index is 1260. The number of nitrogens with zero attached hydrogens (tertiary/aromatic N) is 2. The number of carbonyl (C=O) groups is 1. The molecule has 2 aromatic carbocycles. The van der Waals surface area contributed by atoms with Crippen LogP contribution < -0.4 is 9.47 Å². The number of hydrogen-bond acceptors (Lipinski definition) is 9. The third-order valence-corrected chi connectivity index (χ3v) is 6.36. The minimum absolute atomic E-state index is 0.0136. The number of rotatable bonds is 12. The van der Waals surface area contributed by atoms with E-state index in [0.29, 0.717) is 35.2 Å². The lowest BCUT2D eigenvalue weighted by Gasteiger charge is -2.18. The maximum absolute atomic E-state index is 12.1. The van der Waals surface area contributed by atoms with Crippen molar-refractivity contribution in [1.29, 1.82) is 0 Å². The van der Waals surface area contributed by atoms with Crippen LogP contribution in [0.15, 0.2) is 54.7 Å². The van der Waals surface area contributed by atoms with E-state index in [1.807, 2.05) is 56.3 Å². The monoisotopic (exact) mass is 536 g/mol. The third-order valence-electron chi connectivity index (χ3n) is 6.36. The molecule has 0 amide bonds. The van der Waals surface area contributed by atoms with Gasteiger partial charge in [-0.2, -0.15) is 0 Å². The van der Waals surface area contributed by atoms with Crippen LogP contribution in [-0.2, 0) is 38.5 Å². The lowest BCUT2D eigenvalue weighted by Crippen LogP contribution is -2.25. The van der Waals surface area contributed by atoms with Gasteiger partial charge in [-0.05, 0) is 69.0 Å². The minimum atomic E-state index is -1.30. The predicted molar refractivity (Wildman–Crippen MR) is 144 cm³/mol. The van der Waals surface area contributed by atoms with Gasteiger partial charge >= 0.3 is 5.97 Å². The molecule has 2 heterocycles. The number of carbonyl (C=O) groups excluding carboxylic acids is 1. The highest BCUT2D eigenvalue weighted by Gasteiger charge is 2.32. The van der Waals surface area contributed by atoms with E-state index in [4.69, 9.17) is 23.7 Å². The summed E-state index contributed by atoms with van der Waals surface area (Å²) < 4.78 is 28.2. The Kier molecular flexibility index (Phi) is 9.50. The van der Waals surface area contributed by atoms with E-state index in [-0.39, 0.29) is 25.7 Å². The molecule has 1 saturated heterocycles. The van der Waals surface area contributed by atoms with Crippen LogP contribution in [0.2, 0.25) is 0 Å². The molecule has 4 rings (SSSR count). The summed E-state index contributed by atoms with van der Waals surface area (Å²) in [6.07, 6.45) is 2.00. The van der Waals surface area contributed by atoms with E-state index >= 15 is 0 Å². The van der Waals surface area contributed by atoms with E-state index in [2.05, 4.69) is 9.97 Å². The van der Waals surface area contributed by atoms with Gasteiger partial charge in [0.2, 0.25) is 0 Å². The first-order valence-electron chi connectivity index (χ1n) is 13.1. The lowest BCUT2D eigenvalue weighted by atomic mass is 10.00. The van der Waals surface area contributed by atoms with Gasteiger partial charge in [0.15, 0.2) is 17.7 Å². The molecule has 3 aromatic rings. The van der Waals surface area contributed by atoms with Crippen molar-refractivity contribution in [2.75, 3.05) is 20.3 Å². The second kappa shape index (κ2) is 13.0. The fourth-order valence-electron chi connectivity index (χ4n) is 4.44. The molecule has 39 heavy (non-hydrogen) atoms. The molecule has 1 N–H and O–H groups in total. The first-order valence-corrected chi connectivity index (χ1v) is 13.1. The smallest absolute Gasteiger partial charge is 0.335 e. The van der Waals surface area contributed by atoms with Gasteiger partial charge in [0, 0.05) is 12.6 Å². The summed E-state index contributed by atoms with van der Waals surface area (Å²) in [5, 5.41) is 10.5. The van der Waals surface area contributed by atoms with E-state index in [9.17, 15) is 9.90 Å². The average molecular weight is 537 g/mol. The molecule has 0 bridgehead atoms. The van der Waals surface area contributed by atoms with Crippen molar-refractivity contribution in [2.24, 2.45) is 0 Å². The van der Waals surface area contributed by atoms with Gasteiger partial charge < -0.3 is 28.8 Å². The van der Waals surface area contributed by atoms with Crippen molar-refractivity contribution in [3.8, 4) is 22.9 Å². The standard InChI is InChI=1S/C30H36N2O7/c1-5-36-29(34)25(33)17-21-16-20(10-12-23-19-38-30(2,3)39-23)11-13-26(21)37-18-22-14-15-31-28(32-22)24-8-6-7-9-27(24)35-4/h6-9,11,13-16,23,25,33H,5,10,12,17-19H2,1-4H3/t23?,25-/m1/s1. The summed E-state index contributed by atoms with van der Waals surface area (Å²) in [6, 6.07) is 15.1. The van der Waals surface area contributed by atoms with E-state index in [0.717, 1.165) is 24.0 Å². The van der Waals surface area contributed by atoms with Gasteiger partial charge in [-0.15, -0.1) is 0 Å². The minimum Gasteiger partial charge on any atom is -0.496 e. The second-order valence-corrected chi connectivity index (χ2v) is 9.76. The normalized spacial score (nSPS) is 17.0. The van der Waals surface area contributed by atoms with Crippen molar-refractivity contribution in [2.45, 2.75) is 64.6 Å². The van der Waals surface area contributed by atoms with E-state index in [1.54, 1.807) is 26.3 Å². The highest BCUT2D eigenvalue weighted by atomic mass is 16.7. The van der Waals surface area contributed by atoms with Crippen LogP contribution in [0.25, 0.3) is 11.4 Å². The number of aromatic nitrogens is 2. The third kappa shape index (κ3) is 7.75. The fourth-order valence-corrected chi connectivity index (χ4v) is 4.44. The molecule has 0 saturated carbocycles. The number of benzene rings is 2. The van der Waals surface area contributed by atoms with Gasteiger partial charge in [0.1, 0.15) is 18.1 Å². The Labute approximate surface area is 229 Å². The molecule has 208 valence electrons. The lowest BCUT2D eigenvalue weighted by molar-refractivity contribution is -0.152. The highest BCUT2D eigenvalue weighted by Crippen LogP contribution is 2.29. The maximum Gasteiger partial charge on any atom is 0.335 e. The topological polar surface area (TPSA) is 109 Å². The van der Waals surface area contributed by atoms with E-state index < -0.39 is 17.9 Å². The van der Waals surface area contributed by atoms with Crippen LogP contribution in [0.4, 0.5) is 0 Å². The zero-order valence-electron chi connectivity index (χ0n) is 22.9. The SMILES string of the molecule is CCOC(=O)[C@H](O)Cc1cc(CCC2COC(C)(C)O2)ccc1OCc1ccnc(-c2ccccc2OC)n1. The van der Waals surface area contributed by atoms with Gasteiger partial charge in [-0.3, -0.25) is 0 Å². The number of esters is 1. The molecule has 2 atom stereocenters. The van der Waals surface area contributed by atoms with Crippen molar-refractivity contribution < 1.29 is 33.6 Å². The molecular weight excluding hydrogens is 500 g/mol. The Morgan fingerprint density at radius 3 is 2.74 bits per heavy atom. The summed E-state index contributed by atoms with van der Waals surface area (Å²) in [6.45, 7) is 6.45. The highest BCUT2D eigenvalue weighted by molar-refractivity contribution is 5.75. The number of aryl methyl sites for hydroxylation is 1. The summed E-state index contributed by atoms with van der Waals surface area (Å²) >= 11 is 0. The molecule has 0 spiro atoms. The Balaban J connectivity index is 1.49. The van der Waals surface area contributed by atoms with Gasteiger partial charge in [0.25, 0.3) is 0 Å². The van der Waals surface area contributed by atoms with Gasteiger partial charge in [-0.25, -0.2) is 14.8 Å². The van der Waals surface area contributed by atoms with Crippen LogP contribution >= 0.6 is 0 Å². The molecule has 1 aliphatic rings. The fraction of sp³-hybridized carbons (Fsp3) is 0.433. The van der Waals surface area contributed by atoms with Crippen LogP contribution in [-0.4, -0.2) is 59.4 Å². The molecule has 9 nitrogen and oxygen atoms in total. The quantitative estimate of drug-likeness (QED) is 0.339. The first kappa shape index (κ1) is 28.5. The number of aliphatic hydroxyl groups excluding tert-OH is 1. The number of aliphatic hydroxyl groups is 1. The molecule has 1 aliphatic heterocycles. The Morgan fingerprint density at radius 1 is 1.18 bits per heavy atom. The summed E-state index contributed by atoms with van der Waals surface area (Å²) in [5.41, 5.74) is 3.20. The van der Waals surface area contributed by atoms with Crippen LogP contribution in [0, 0.1) is 0 Å².